The van der Waals surface area contributed by atoms with E-state index in [0.717, 1.165) is 31.2 Å². The number of para-hydroxylation sites is 1. The normalized spacial score (nSPS) is 22.7. The minimum atomic E-state index is -0.0386. The van der Waals surface area contributed by atoms with E-state index in [-0.39, 0.29) is 11.9 Å². The third-order valence-corrected chi connectivity index (χ3v) is 5.22. The molecule has 3 nitrogen and oxygen atoms in total. The van der Waals surface area contributed by atoms with Crippen LogP contribution >= 0.6 is 0 Å². The maximum absolute atomic E-state index is 11.9. The first-order valence-electron chi connectivity index (χ1n) is 8.70. The second-order valence-corrected chi connectivity index (χ2v) is 6.61. The number of pyridine rings is 1. The third-order valence-electron chi connectivity index (χ3n) is 5.22. The zero-order valence-corrected chi connectivity index (χ0v) is 14.0. The molecular weight excluding hydrogens is 286 g/mol. The highest BCUT2D eigenvalue weighted by Gasteiger charge is 2.30. The minimum absolute atomic E-state index is 0.0191. The highest BCUT2D eigenvalue weighted by atomic mass is 16.5. The highest BCUT2D eigenvalue weighted by Crippen LogP contribution is 2.39. The summed E-state index contributed by atoms with van der Waals surface area (Å²) in [6, 6.07) is 10.5. The maximum Gasteiger partial charge on any atom is 0.308 e. The van der Waals surface area contributed by atoms with Gasteiger partial charge in [0.1, 0.15) is 0 Å². The van der Waals surface area contributed by atoms with Gasteiger partial charge in [0.15, 0.2) is 0 Å². The second-order valence-electron chi connectivity index (χ2n) is 6.61. The van der Waals surface area contributed by atoms with Crippen molar-refractivity contribution in [3.05, 3.63) is 42.1 Å². The van der Waals surface area contributed by atoms with Crippen molar-refractivity contribution in [3.8, 4) is 0 Å². The van der Waals surface area contributed by atoms with Gasteiger partial charge in [-0.3, -0.25) is 9.78 Å². The van der Waals surface area contributed by atoms with Crippen LogP contribution in [0.5, 0.6) is 0 Å². The van der Waals surface area contributed by atoms with Crippen LogP contribution in [0.2, 0.25) is 0 Å². The number of nitrogens with zero attached hydrogens (tertiary/aromatic N) is 1. The highest BCUT2D eigenvalue weighted by molar-refractivity contribution is 5.78. The molecule has 0 radical (unpaired) electrons. The van der Waals surface area contributed by atoms with Gasteiger partial charge < -0.3 is 4.74 Å². The Morgan fingerprint density at radius 1 is 1.26 bits per heavy atom. The fourth-order valence-electron chi connectivity index (χ4n) is 3.73. The molecule has 1 saturated carbocycles. The number of aromatic nitrogens is 1. The number of ether oxygens (including phenoxy) is 1. The van der Waals surface area contributed by atoms with Gasteiger partial charge in [-0.1, -0.05) is 25.1 Å². The molecule has 1 aromatic carbocycles. The Kier molecular flexibility index (Phi) is 4.94. The molecule has 3 heteroatoms. The fraction of sp³-hybridized carbons (Fsp3) is 0.500. The lowest BCUT2D eigenvalue weighted by Gasteiger charge is -2.31. The number of hydrogen-bond donors (Lipinski definition) is 0. The Morgan fingerprint density at radius 3 is 2.74 bits per heavy atom. The lowest BCUT2D eigenvalue weighted by molar-refractivity contribution is -0.149. The number of esters is 1. The van der Waals surface area contributed by atoms with Crippen molar-refractivity contribution in [2.45, 2.75) is 45.4 Å². The molecule has 1 aliphatic carbocycles. The van der Waals surface area contributed by atoms with E-state index in [2.05, 4.69) is 29.2 Å². The first-order chi connectivity index (χ1) is 11.2. The molecule has 0 N–H and O–H groups in total. The van der Waals surface area contributed by atoms with Gasteiger partial charge in [0.05, 0.1) is 18.0 Å². The number of rotatable bonds is 4. The molecule has 1 aromatic heterocycles. The molecule has 0 spiro atoms. The summed E-state index contributed by atoms with van der Waals surface area (Å²) in [5.41, 5.74) is 2.40. The molecule has 23 heavy (non-hydrogen) atoms. The Hall–Kier alpha value is -1.90. The summed E-state index contributed by atoms with van der Waals surface area (Å²) in [6.07, 6.45) is 6.49. The van der Waals surface area contributed by atoms with Crippen LogP contribution < -0.4 is 0 Å². The minimum Gasteiger partial charge on any atom is -0.466 e. The monoisotopic (exact) mass is 311 g/mol. The van der Waals surface area contributed by atoms with Crippen LogP contribution in [-0.2, 0) is 9.53 Å². The van der Waals surface area contributed by atoms with Crippen LogP contribution in [0.25, 0.3) is 10.9 Å². The molecule has 1 fully saturated rings. The standard InChI is InChI=1S/C20H25NO2/c1-3-23-20(22)14(2)15-8-10-16(11-9-15)18-12-17-6-4-5-7-19(17)21-13-18/h4-7,12-16H,3,8-11H2,1-2H3. The first-order valence-corrected chi connectivity index (χ1v) is 8.70. The van der Waals surface area contributed by atoms with Crippen LogP contribution in [0.15, 0.2) is 36.5 Å². The Morgan fingerprint density at radius 2 is 2.00 bits per heavy atom. The summed E-state index contributed by atoms with van der Waals surface area (Å²) < 4.78 is 5.17. The lowest BCUT2D eigenvalue weighted by Crippen LogP contribution is -2.26. The van der Waals surface area contributed by atoms with Crippen molar-refractivity contribution in [2.75, 3.05) is 6.61 Å². The smallest absolute Gasteiger partial charge is 0.308 e. The molecule has 0 aliphatic heterocycles. The SMILES string of the molecule is CCOC(=O)C(C)C1CCC(c2cnc3ccccc3c2)CC1. The number of fused-ring (bicyclic) bond motifs is 1. The molecule has 1 atom stereocenters. The Balaban J connectivity index is 1.64. The summed E-state index contributed by atoms with van der Waals surface area (Å²) >= 11 is 0. The van der Waals surface area contributed by atoms with Crippen LogP contribution in [-0.4, -0.2) is 17.6 Å². The summed E-state index contributed by atoms with van der Waals surface area (Å²) in [5, 5.41) is 1.21. The molecule has 1 aliphatic rings. The van der Waals surface area contributed by atoms with Gasteiger partial charge in [-0.2, -0.15) is 0 Å². The zero-order valence-electron chi connectivity index (χ0n) is 14.0. The van der Waals surface area contributed by atoms with Crippen molar-refractivity contribution < 1.29 is 9.53 Å². The van der Waals surface area contributed by atoms with E-state index in [1.54, 1.807) is 0 Å². The maximum atomic E-state index is 11.9. The quantitative estimate of drug-likeness (QED) is 0.768. The van der Waals surface area contributed by atoms with E-state index in [1.165, 1.54) is 10.9 Å². The lowest BCUT2D eigenvalue weighted by atomic mass is 9.74. The largest absolute Gasteiger partial charge is 0.466 e. The molecule has 122 valence electrons. The van der Waals surface area contributed by atoms with E-state index in [4.69, 9.17) is 4.74 Å². The van der Waals surface area contributed by atoms with Crippen LogP contribution in [0, 0.1) is 11.8 Å². The summed E-state index contributed by atoms with van der Waals surface area (Å²) in [5.74, 6) is 1.01. The number of carbonyl (C=O) groups is 1. The molecule has 2 aromatic rings. The van der Waals surface area contributed by atoms with Gasteiger partial charge in [-0.25, -0.2) is 0 Å². The van der Waals surface area contributed by atoms with Gasteiger partial charge in [0.2, 0.25) is 0 Å². The van der Waals surface area contributed by atoms with Crippen molar-refractivity contribution in [2.24, 2.45) is 11.8 Å². The second kappa shape index (κ2) is 7.12. The average molecular weight is 311 g/mol. The Bertz CT molecular complexity index is 674. The molecule has 3 rings (SSSR count). The van der Waals surface area contributed by atoms with Crippen molar-refractivity contribution in [3.63, 3.8) is 0 Å². The van der Waals surface area contributed by atoms with E-state index in [0.29, 0.717) is 18.4 Å². The van der Waals surface area contributed by atoms with Gasteiger partial charge >= 0.3 is 5.97 Å². The number of carbonyl (C=O) groups excluding carboxylic acids is 1. The number of benzene rings is 1. The molecule has 1 heterocycles. The fourth-order valence-corrected chi connectivity index (χ4v) is 3.73. The van der Waals surface area contributed by atoms with E-state index < -0.39 is 0 Å². The van der Waals surface area contributed by atoms with Gasteiger partial charge in [-0.05, 0) is 62.1 Å². The van der Waals surface area contributed by atoms with E-state index in [1.807, 2.05) is 26.1 Å². The third kappa shape index (κ3) is 3.54. The van der Waals surface area contributed by atoms with E-state index >= 15 is 0 Å². The van der Waals surface area contributed by atoms with Crippen molar-refractivity contribution in [1.82, 2.24) is 4.98 Å². The number of hydrogen-bond acceptors (Lipinski definition) is 3. The molecule has 0 bridgehead atoms. The first kappa shape index (κ1) is 16.0. The molecule has 0 amide bonds. The molecule has 0 saturated heterocycles. The predicted octanol–water partition coefficient (Wildman–Crippen LogP) is 4.71. The molecule has 1 unspecified atom stereocenters. The Labute approximate surface area is 138 Å². The molecular formula is C20H25NO2. The summed E-state index contributed by atoms with van der Waals surface area (Å²) in [7, 11) is 0. The summed E-state index contributed by atoms with van der Waals surface area (Å²) in [6.45, 7) is 4.36. The zero-order chi connectivity index (χ0) is 16.2. The van der Waals surface area contributed by atoms with Crippen molar-refractivity contribution in [1.29, 1.82) is 0 Å². The van der Waals surface area contributed by atoms with Gasteiger partial charge in [0.25, 0.3) is 0 Å². The van der Waals surface area contributed by atoms with Crippen molar-refractivity contribution >= 4 is 16.9 Å². The van der Waals surface area contributed by atoms with E-state index in [9.17, 15) is 4.79 Å². The van der Waals surface area contributed by atoms with Crippen LogP contribution in [0.1, 0.15) is 51.0 Å². The predicted molar refractivity (Wildman–Crippen MR) is 92.2 cm³/mol. The topological polar surface area (TPSA) is 39.2 Å². The summed E-state index contributed by atoms with van der Waals surface area (Å²) in [4.78, 5) is 16.5. The van der Waals surface area contributed by atoms with Gasteiger partial charge in [0, 0.05) is 11.6 Å². The average Bonchev–Trinajstić information content (AvgIpc) is 2.61. The van der Waals surface area contributed by atoms with Gasteiger partial charge in [-0.15, -0.1) is 0 Å². The van der Waals surface area contributed by atoms with Crippen LogP contribution in [0.3, 0.4) is 0 Å². The van der Waals surface area contributed by atoms with Crippen LogP contribution in [0.4, 0.5) is 0 Å².